The lowest BCUT2D eigenvalue weighted by atomic mass is 9.86. The van der Waals surface area contributed by atoms with Crippen molar-refractivity contribution >= 4 is 0 Å². The molecule has 3 unspecified atom stereocenters. The zero-order valence-corrected chi connectivity index (χ0v) is 9.74. The van der Waals surface area contributed by atoms with Gasteiger partial charge in [-0.3, -0.25) is 0 Å². The van der Waals surface area contributed by atoms with Crippen molar-refractivity contribution in [3.05, 3.63) is 0 Å². The Bertz CT molecular complexity index is 213. The molecule has 15 heavy (non-hydrogen) atoms. The van der Waals surface area contributed by atoms with E-state index in [1.54, 1.807) is 0 Å². The first-order valence-corrected chi connectivity index (χ1v) is 6.67. The predicted molar refractivity (Wildman–Crippen MR) is 60.7 cm³/mol. The van der Waals surface area contributed by atoms with Gasteiger partial charge >= 0.3 is 0 Å². The zero-order valence-electron chi connectivity index (χ0n) is 9.74. The maximum absolute atomic E-state index is 5.46. The van der Waals surface area contributed by atoms with Gasteiger partial charge in [0.25, 0.3) is 0 Å². The lowest BCUT2D eigenvalue weighted by Gasteiger charge is -2.31. The van der Waals surface area contributed by atoms with Gasteiger partial charge in [-0.15, -0.1) is 0 Å². The van der Waals surface area contributed by atoms with Crippen molar-refractivity contribution in [2.45, 2.75) is 38.1 Å². The molecule has 0 aromatic rings. The molecule has 1 N–H and O–H groups in total. The average Bonchev–Trinajstić information content (AvgIpc) is 2.76. The number of hydrogen-bond acceptors (Lipinski definition) is 2. The highest BCUT2D eigenvalue weighted by molar-refractivity contribution is 5.07. The monoisotopic (exact) mass is 209 g/mol. The predicted octanol–water partition coefficient (Wildman–Crippen LogP) is 2.05. The molecule has 0 bridgehead atoms. The van der Waals surface area contributed by atoms with E-state index >= 15 is 0 Å². The normalized spacial score (nSPS) is 42.6. The molecule has 1 heterocycles. The van der Waals surface area contributed by atoms with Crippen molar-refractivity contribution in [1.29, 1.82) is 0 Å². The number of hydrogen-bond donors (Lipinski definition) is 1. The summed E-state index contributed by atoms with van der Waals surface area (Å²) >= 11 is 0. The van der Waals surface area contributed by atoms with E-state index in [4.69, 9.17) is 4.74 Å². The average molecular weight is 209 g/mol. The summed E-state index contributed by atoms with van der Waals surface area (Å²) < 4.78 is 5.46. The van der Waals surface area contributed by atoms with Gasteiger partial charge in [0, 0.05) is 19.3 Å². The minimum atomic E-state index is 0.796. The minimum Gasteiger partial charge on any atom is -0.381 e. The fourth-order valence-corrected chi connectivity index (χ4v) is 4.23. The van der Waals surface area contributed by atoms with Crippen LogP contribution in [0.15, 0.2) is 0 Å². The highest BCUT2D eigenvalue weighted by Gasteiger charge is 2.56. The van der Waals surface area contributed by atoms with Crippen LogP contribution in [0.2, 0.25) is 0 Å². The maximum Gasteiger partial charge on any atom is 0.0469 e. The molecule has 0 radical (unpaired) electrons. The van der Waals surface area contributed by atoms with Crippen molar-refractivity contribution in [2.75, 3.05) is 20.3 Å². The van der Waals surface area contributed by atoms with Crippen molar-refractivity contribution in [3.8, 4) is 0 Å². The molecule has 3 atom stereocenters. The largest absolute Gasteiger partial charge is 0.381 e. The van der Waals surface area contributed by atoms with Gasteiger partial charge in [-0.2, -0.15) is 0 Å². The third-order valence-electron chi connectivity index (χ3n) is 4.99. The summed E-state index contributed by atoms with van der Waals surface area (Å²) in [6.07, 6.45) is 7.08. The van der Waals surface area contributed by atoms with Gasteiger partial charge in [-0.25, -0.2) is 0 Å². The Labute approximate surface area is 92.8 Å². The van der Waals surface area contributed by atoms with Crippen LogP contribution in [0.1, 0.15) is 32.1 Å². The summed E-state index contributed by atoms with van der Waals surface area (Å²) in [4.78, 5) is 0. The number of ether oxygens (including phenoxy) is 1. The van der Waals surface area contributed by atoms with Gasteiger partial charge in [0.1, 0.15) is 0 Å². The minimum absolute atomic E-state index is 0.796. The van der Waals surface area contributed by atoms with E-state index in [0.29, 0.717) is 0 Å². The smallest absolute Gasteiger partial charge is 0.0469 e. The van der Waals surface area contributed by atoms with Gasteiger partial charge in [-0.05, 0) is 56.4 Å². The van der Waals surface area contributed by atoms with E-state index in [0.717, 1.165) is 42.9 Å². The molecule has 1 aliphatic heterocycles. The first-order valence-electron chi connectivity index (χ1n) is 6.67. The summed E-state index contributed by atoms with van der Waals surface area (Å²) in [5.74, 6) is 4.08. The molecule has 3 rings (SSSR count). The Morgan fingerprint density at radius 3 is 2.33 bits per heavy atom. The van der Waals surface area contributed by atoms with Gasteiger partial charge in [-0.1, -0.05) is 6.42 Å². The molecule has 3 fully saturated rings. The summed E-state index contributed by atoms with van der Waals surface area (Å²) in [6.45, 7) is 1.98. The van der Waals surface area contributed by atoms with Crippen LogP contribution in [-0.4, -0.2) is 26.3 Å². The van der Waals surface area contributed by atoms with E-state index < -0.39 is 0 Å². The van der Waals surface area contributed by atoms with Gasteiger partial charge in [0.15, 0.2) is 0 Å². The lowest BCUT2D eigenvalue weighted by molar-refractivity contribution is 0.0499. The number of nitrogens with one attached hydrogen (secondary N) is 1. The summed E-state index contributed by atoms with van der Waals surface area (Å²) in [6, 6.07) is 0.796. The molecule has 0 aromatic heterocycles. The Kier molecular flexibility index (Phi) is 2.73. The first-order chi connectivity index (χ1) is 7.42. The third-order valence-corrected chi connectivity index (χ3v) is 4.99. The quantitative estimate of drug-likeness (QED) is 0.768. The van der Waals surface area contributed by atoms with Crippen LogP contribution in [0.3, 0.4) is 0 Å². The number of fused-ring (bicyclic) bond motifs is 1. The van der Waals surface area contributed by atoms with E-state index in [2.05, 4.69) is 12.4 Å². The second kappa shape index (κ2) is 4.06. The topological polar surface area (TPSA) is 21.3 Å². The summed E-state index contributed by atoms with van der Waals surface area (Å²) in [5.41, 5.74) is 0. The SMILES string of the molecule is CNC(C1CCOCC1)C1C2CCCC21. The van der Waals surface area contributed by atoms with Crippen LogP contribution in [0, 0.1) is 23.7 Å². The lowest BCUT2D eigenvalue weighted by Crippen LogP contribution is -2.39. The molecule has 2 heteroatoms. The molecule has 0 aromatic carbocycles. The van der Waals surface area contributed by atoms with Gasteiger partial charge in [0.05, 0.1) is 0 Å². The third kappa shape index (κ3) is 1.72. The molecule has 2 nitrogen and oxygen atoms in total. The molecule has 0 amide bonds. The Morgan fingerprint density at radius 2 is 1.73 bits per heavy atom. The molecular weight excluding hydrogens is 186 g/mol. The molecular formula is C13H23NO. The van der Waals surface area contributed by atoms with Crippen LogP contribution < -0.4 is 5.32 Å². The molecule has 0 spiro atoms. The van der Waals surface area contributed by atoms with Crippen molar-refractivity contribution in [1.82, 2.24) is 5.32 Å². The Balaban J connectivity index is 1.61. The van der Waals surface area contributed by atoms with Crippen molar-refractivity contribution in [3.63, 3.8) is 0 Å². The van der Waals surface area contributed by atoms with Gasteiger partial charge < -0.3 is 10.1 Å². The van der Waals surface area contributed by atoms with Crippen LogP contribution in [0.5, 0.6) is 0 Å². The first kappa shape index (κ1) is 10.1. The fourth-order valence-electron chi connectivity index (χ4n) is 4.23. The van der Waals surface area contributed by atoms with E-state index in [1.165, 1.54) is 32.1 Å². The van der Waals surface area contributed by atoms with Crippen LogP contribution in [-0.2, 0) is 4.74 Å². The summed E-state index contributed by atoms with van der Waals surface area (Å²) in [5, 5.41) is 3.61. The van der Waals surface area contributed by atoms with Crippen molar-refractivity contribution < 1.29 is 4.74 Å². The summed E-state index contributed by atoms with van der Waals surface area (Å²) in [7, 11) is 2.16. The van der Waals surface area contributed by atoms with E-state index in [9.17, 15) is 0 Å². The second-order valence-electron chi connectivity index (χ2n) is 5.60. The van der Waals surface area contributed by atoms with E-state index in [1.807, 2.05) is 0 Å². The second-order valence-corrected chi connectivity index (χ2v) is 5.60. The zero-order chi connectivity index (χ0) is 10.3. The van der Waals surface area contributed by atoms with E-state index in [-0.39, 0.29) is 0 Å². The number of rotatable bonds is 3. The fraction of sp³-hybridized carbons (Fsp3) is 1.00. The van der Waals surface area contributed by atoms with Crippen LogP contribution in [0.25, 0.3) is 0 Å². The maximum atomic E-state index is 5.46. The van der Waals surface area contributed by atoms with Gasteiger partial charge in [0.2, 0.25) is 0 Å². The van der Waals surface area contributed by atoms with Crippen molar-refractivity contribution in [2.24, 2.45) is 23.7 Å². The Morgan fingerprint density at radius 1 is 1.07 bits per heavy atom. The Hall–Kier alpha value is -0.0800. The highest BCUT2D eigenvalue weighted by atomic mass is 16.5. The van der Waals surface area contributed by atoms with Crippen LogP contribution >= 0.6 is 0 Å². The van der Waals surface area contributed by atoms with Crippen LogP contribution in [0.4, 0.5) is 0 Å². The standard InChI is InChI=1S/C13H23NO/c1-14-13(9-5-7-15-8-6-9)12-10-3-2-4-11(10)12/h9-14H,2-8H2,1H3. The molecule has 86 valence electrons. The molecule has 3 aliphatic rings. The molecule has 2 aliphatic carbocycles. The highest BCUT2D eigenvalue weighted by Crippen LogP contribution is 2.60. The molecule has 1 saturated heterocycles. The molecule has 2 saturated carbocycles.